The fourth-order valence-corrected chi connectivity index (χ4v) is 1.98. The van der Waals surface area contributed by atoms with E-state index in [0.717, 1.165) is 11.3 Å². The van der Waals surface area contributed by atoms with Crippen LogP contribution in [0.25, 0.3) is 0 Å². The smallest absolute Gasteiger partial charge is 0.123 e. The minimum absolute atomic E-state index is 0.0541. The van der Waals surface area contributed by atoms with Crippen LogP contribution in [0.2, 0.25) is 0 Å². The standard InChI is InChI=1S/C13H11FN4/c14-11-1-3-12(4-2-11)18-13(9-16-17-18)10-5-7-15-8-6-10/h1-8,13H,9H2/t13-/m0/s1. The van der Waals surface area contributed by atoms with Crippen molar-refractivity contribution in [1.82, 2.24) is 4.98 Å². The molecule has 1 aliphatic rings. The zero-order chi connectivity index (χ0) is 12.4. The maximum Gasteiger partial charge on any atom is 0.123 e. The van der Waals surface area contributed by atoms with Gasteiger partial charge in [-0.05, 0) is 42.0 Å². The molecule has 90 valence electrons. The number of anilines is 1. The van der Waals surface area contributed by atoms with Crippen molar-refractivity contribution < 1.29 is 4.39 Å². The van der Waals surface area contributed by atoms with Crippen LogP contribution >= 0.6 is 0 Å². The first-order valence-corrected chi connectivity index (χ1v) is 5.67. The number of benzene rings is 1. The number of pyridine rings is 1. The van der Waals surface area contributed by atoms with E-state index in [1.54, 1.807) is 29.5 Å². The predicted molar refractivity (Wildman–Crippen MR) is 65.6 cm³/mol. The van der Waals surface area contributed by atoms with E-state index in [-0.39, 0.29) is 11.9 Å². The highest BCUT2D eigenvalue weighted by molar-refractivity contribution is 5.48. The molecule has 1 atom stereocenters. The van der Waals surface area contributed by atoms with E-state index in [9.17, 15) is 4.39 Å². The van der Waals surface area contributed by atoms with Crippen LogP contribution in [0.5, 0.6) is 0 Å². The zero-order valence-electron chi connectivity index (χ0n) is 9.57. The first-order valence-electron chi connectivity index (χ1n) is 5.67. The monoisotopic (exact) mass is 242 g/mol. The summed E-state index contributed by atoms with van der Waals surface area (Å²) in [5.74, 6) is -0.254. The van der Waals surface area contributed by atoms with Gasteiger partial charge in [-0.15, -0.1) is 0 Å². The quantitative estimate of drug-likeness (QED) is 0.811. The predicted octanol–water partition coefficient (Wildman–Crippen LogP) is 3.15. The summed E-state index contributed by atoms with van der Waals surface area (Å²) in [6.07, 6.45) is 3.49. The highest BCUT2D eigenvalue weighted by Crippen LogP contribution is 2.31. The highest BCUT2D eigenvalue weighted by Gasteiger charge is 2.25. The van der Waals surface area contributed by atoms with E-state index < -0.39 is 0 Å². The van der Waals surface area contributed by atoms with E-state index in [1.165, 1.54) is 12.1 Å². The van der Waals surface area contributed by atoms with Gasteiger partial charge in [0, 0.05) is 12.4 Å². The Morgan fingerprint density at radius 2 is 1.78 bits per heavy atom. The van der Waals surface area contributed by atoms with Gasteiger partial charge in [0.15, 0.2) is 0 Å². The Bertz CT molecular complexity index is 553. The number of hydrogen-bond donors (Lipinski definition) is 0. The fourth-order valence-electron chi connectivity index (χ4n) is 1.98. The maximum atomic E-state index is 12.9. The number of aromatic nitrogens is 1. The fraction of sp³-hybridized carbons (Fsp3) is 0.154. The second-order valence-electron chi connectivity index (χ2n) is 4.03. The Kier molecular flexibility index (Phi) is 2.72. The molecule has 1 aromatic carbocycles. The molecule has 1 aromatic heterocycles. The number of hydrogen-bond acceptors (Lipinski definition) is 4. The molecule has 0 amide bonds. The molecule has 0 aliphatic carbocycles. The molecule has 4 nitrogen and oxygen atoms in total. The molecule has 0 radical (unpaired) electrons. The van der Waals surface area contributed by atoms with E-state index in [1.807, 2.05) is 12.1 Å². The van der Waals surface area contributed by atoms with Gasteiger partial charge in [0.1, 0.15) is 11.9 Å². The molecule has 0 N–H and O–H groups in total. The Morgan fingerprint density at radius 1 is 1.06 bits per heavy atom. The topological polar surface area (TPSA) is 40.9 Å². The second kappa shape index (κ2) is 4.52. The number of rotatable bonds is 2. The lowest BCUT2D eigenvalue weighted by Crippen LogP contribution is -2.20. The van der Waals surface area contributed by atoms with E-state index in [0.29, 0.717) is 6.54 Å². The van der Waals surface area contributed by atoms with Gasteiger partial charge in [-0.25, -0.2) is 9.40 Å². The molecule has 18 heavy (non-hydrogen) atoms. The lowest BCUT2D eigenvalue weighted by atomic mass is 10.1. The summed E-state index contributed by atoms with van der Waals surface area (Å²) in [4.78, 5) is 4.00. The van der Waals surface area contributed by atoms with Crippen molar-refractivity contribution >= 4 is 5.69 Å². The van der Waals surface area contributed by atoms with Crippen LogP contribution in [0.3, 0.4) is 0 Å². The van der Waals surface area contributed by atoms with Gasteiger partial charge < -0.3 is 0 Å². The molecule has 0 saturated heterocycles. The van der Waals surface area contributed by atoms with Crippen molar-refractivity contribution in [1.29, 1.82) is 0 Å². The summed E-state index contributed by atoms with van der Waals surface area (Å²) in [5.41, 5.74) is 1.93. The van der Waals surface area contributed by atoms with Gasteiger partial charge >= 0.3 is 0 Å². The minimum atomic E-state index is -0.254. The van der Waals surface area contributed by atoms with Gasteiger partial charge in [-0.3, -0.25) is 4.98 Å². The second-order valence-corrected chi connectivity index (χ2v) is 4.03. The first kappa shape index (κ1) is 10.8. The third-order valence-corrected chi connectivity index (χ3v) is 2.89. The molecular weight excluding hydrogens is 231 g/mol. The molecule has 0 fully saturated rings. The molecule has 2 heterocycles. The summed E-state index contributed by atoms with van der Waals surface area (Å²) < 4.78 is 12.9. The lowest BCUT2D eigenvalue weighted by Gasteiger charge is -2.21. The van der Waals surface area contributed by atoms with Gasteiger partial charge in [0.05, 0.1) is 12.2 Å². The van der Waals surface area contributed by atoms with Crippen molar-refractivity contribution in [3.8, 4) is 0 Å². The third kappa shape index (κ3) is 1.95. The van der Waals surface area contributed by atoms with Crippen molar-refractivity contribution in [2.24, 2.45) is 10.3 Å². The van der Waals surface area contributed by atoms with E-state index in [4.69, 9.17) is 0 Å². The van der Waals surface area contributed by atoms with Gasteiger partial charge in [0.2, 0.25) is 0 Å². The molecule has 0 unspecified atom stereocenters. The molecule has 3 rings (SSSR count). The minimum Gasteiger partial charge on any atom is -0.265 e. The molecule has 0 spiro atoms. The van der Waals surface area contributed by atoms with Crippen molar-refractivity contribution in [2.45, 2.75) is 6.04 Å². The molecule has 0 saturated carbocycles. The van der Waals surface area contributed by atoms with Crippen molar-refractivity contribution in [3.63, 3.8) is 0 Å². The molecule has 0 bridgehead atoms. The highest BCUT2D eigenvalue weighted by atomic mass is 19.1. The summed E-state index contributed by atoms with van der Waals surface area (Å²) in [5, 5.41) is 9.97. The molecular formula is C13H11FN4. The summed E-state index contributed by atoms with van der Waals surface area (Å²) in [7, 11) is 0. The maximum absolute atomic E-state index is 12.9. The van der Waals surface area contributed by atoms with Gasteiger partial charge in [-0.2, -0.15) is 5.11 Å². The lowest BCUT2D eigenvalue weighted by molar-refractivity contribution is 0.627. The van der Waals surface area contributed by atoms with Gasteiger partial charge in [-0.1, -0.05) is 5.22 Å². The SMILES string of the molecule is Fc1ccc(N2N=NC[C@H]2c2ccncc2)cc1. The average Bonchev–Trinajstić information content (AvgIpc) is 2.90. The Hall–Kier alpha value is -2.30. The van der Waals surface area contributed by atoms with E-state index in [2.05, 4.69) is 15.3 Å². The van der Waals surface area contributed by atoms with Crippen LogP contribution in [0, 0.1) is 5.82 Å². The Labute approximate surface area is 104 Å². The molecule has 1 aliphatic heterocycles. The van der Waals surface area contributed by atoms with Crippen molar-refractivity contribution in [3.05, 3.63) is 60.2 Å². The third-order valence-electron chi connectivity index (χ3n) is 2.89. The average molecular weight is 242 g/mol. The molecule has 5 heteroatoms. The first-order chi connectivity index (χ1) is 8.84. The van der Waals surface area contributed by atoms with Crippen LogP contribution in [-0.4, -0.2) is 11.5 Å². The Morgan fingerprint density at radius 3 is 2.50 bits per heavy atom. The number of nitrogens with zero attached hydrogens (tertiary/aromatic N) is 4. The van der Waals surface area contributed by atoms with Gasteiger partial charge in [0.25, 0.3) is 0 Å². The van der Waals surface area contributed by atoms with Crippen LogP contribution in [-0.2, 0) is 0 Å². The summed E-state index contributed by atoms with van der Waals surface area (Å²) in [6, 6.07) is 10.2. The zero-order valence-corrected chi connectivity index (χ0v) is 9.57. The van der Waals surface area contributed by atoms with Crippen LogP contribution in [0.4, 0.5) is 10.1 Å². The van der Waals surface area contributed by atoms with Crippen LogP contribution in [0.15, 0.2) is 59.1 Å². The van der Waals surface area contributed by atoms with Crippen LogP contribution in [0.1, 0.15) is 11.6 Å². The van der Waals surface area contributed by atoms with Crippen molar-refractivity contribution in [2.75, 3.05) is 11.6 Å². The Balaban J connectivity index is 1.91. The normalized spacial score (nSPS) is 18.3. The van der Waals surface area contributed by atoms with Crippen LogP contribution < -0.4 is 5.01 Å². The number of halogens is 1. The summed E-state index contributed by atoms with van der Waals surface area (Å²) >= 11 is 0. The molecule has 2 aromatic rings. The van der Waals surface area contributed by atoms with E-state index >= 15 is 0 Å². The summed E-state index contributed by atoms with van der Waals surface area (Å²) in [6.45, 7) is 0.599. The largest absolute Gasteiger partial charge is 0.265 e.